The molecule has 0 spiro atoms. The number of aromatic nitrogens is 1. The van der Waals surface area contributed by atoms with Crippen LogP contribution in [0.1, 0.15) is 20.9 Å². The zero-order chi connectivity index (χ0) is 17.4. The smallest absolute Gasteiger partial charge is 0.326 e. The van der Waals surface area contributed by atoms with Gasteiger partial charge in [0.15, 0.2) is 5.13 Å². The average molecular weight is 352 g/mol. The zero-order valence-electron chi connectivity index (χ0n) is 12.8. The summed E-state index contributed by atoms with van der Waals surface area (Å²) in [7, 11) is 0. The van der Waals surface area contributed by atoms with Crippen molar-refractivity contribution in [2.45, 2.75) is 13.5 Å². The van der Waals surface area contributed by atoms with Gasteiger partial charge in [0.05, 0.1) is 12.2 Å². The molecule has 9 heteroatoms. The van der Waals surface area contributed by atoms with E-state index in [9.17, 15) is 18.4 Å². The van der Waals surface area contributed by atoms with Crippen molar-refractivity contribution in [3.63, 3.8) is 0 Å². The summed E-state index contributed by atoms with van der Waals surface area (Å²) in [5.74, 6) is -1.72. The summed E-state index contributed by atoms with van der Waals surface area (Å²) < 4.78 is 27.0. The molecule has 1 aliphatic heterocycles. The van der Waals surface area contributed by atoms with Crippen molar-refractivity contribution < 1.29 is 18.4 Å². The average Bonchev–Trinajstić information content (AvgIpc) is 3.07. The van der Waals surface area contributed by atoms with Gasteiger partial charge in [-0.05, 0) is 25.1 Å². The Kier molecular flexibility index (Phi) is 4.18. The molecule has 1 aromatic carbocycles. The Morgan fingerprint density at radius 3 is 2.79 bits per heavy atom. The van der Waals surface area contributed by atoms with Gasteiger partial charge >= 0.3 is 6.03 Å². The number of carbonyl (C=O) groups excluding carboxylic acids is 2. The molecule has 3 amide bonds. The lowest BCUT2D eigenvalue weighted by Gasteiger charge is -2.17. The first-order valence-electron chi connectivity index (χ1n) is 7.14. The van der Waals surface area contributed by atoms with E-state index in [2.05, 4.69) is 4.98 Å². The third-order valence-electron chi connectivity index (χ3n) is 3.70. The molecule has 0 aliphatic carbocycles. The second-order valence-corrected chi connectivity index (χ2v) is 6.34. The monoisotopic (exact) mass is 352 g/mol. The van der Waals surface area contributed by atoms with Gasteiger partial charge in [0.25, 0.3) is 5.91 Å². The lowest BCUT2D eigenvalue weighted by Crippen LogP contribution is -2.31. The lowest BCUT2D eigenvalue weighted by atomic mass is 10.2. The van der Waals surface area contributed by atoms with Crippen LogP contribution in [0.2, 0.25) is 0 Å². The summed E-state index contributed by atoms with van der Waals surface area (Å²) in [6, 6.07) is 2.76. The van der Waals surface area contributed by atoms with Crippen LogP contribution < -0.4 is 10.6 Å². The fourth-order valence-corrected chi connectivity index (χ4v) is 3.44. The summed E-state index contributed by atoms with van der Waals surface area (Å²) in [5, 5.41) is 0.369. The summed E-state index contributed by atoms with van der Waals surface area (Å²) in [6.45, 7) is 2.30. The Morgan fingerprint density at radius 1 is 1.38 bits per heavy atom. The molecule has 1 saturated heterocycles. The maximum atomic E-state index is 13.7. The number of urea groups is 1. The Balaban J connectivity index is 1.79. The van der Waals surface area contributed by atoms with Crippen molar-refractivity contribution in [1.82, 2.24) is 9.88 Å². The first kappa shape index (κ1) is 16.3. The molecule has 0 atom stereocenters. The minimum Gasteiger partial charge on any atom is -0.365 e. The summed E-state index contributed by atoms with van der Waals surface area (Å²) >= 11 is 1.04. The summed E-state index contributed by atoms with van der Waals surface area (Å²) in [6.07, 6.45) is 0. The molecular weight excluding hydrogens is 338 g/mol. The van der Waals surface area contributed by atoms with E-state index in [0.717, 1.165) is 29.5 Å². The van der Waals surface area contributed by atoms with Gasteiger partial charge in [-0.1, -0.05) is 11.3 Å². The van der Waals surface area contributed by atoms with Crippen molar-refractivity contribution in [1.29, 1.82) is 0 Å². The van der Waals surface area contributed by atoms with Crippen LogP contribution in [-0.2, 0) is 6.54 Å². The van der Waals surface area contributed by atoms with Crippen molar-refractivity contribution in [3.05, 3.63) is 46.0 Å². The minimum atomic E-state index is -0.596. The Hall–Kier alpha value is -2.55. The van der Waals surface area contributed by atoms with E-state index >= 15 is 0 Å². The zero-order valence-corrected chi connectivity index (χ0v) is 13.6. The van der Waals surface area contributed by atoms with Gasteiger partial charge in [-0.25, -0.2) is 18.6 Å². The van der Waals surface area contributed by atoms with E-state index in [1.54, 1.807) is 6.92 Å². The number of primary amides is 1. The number of aryl methyl sites for hydroxylation is 1. The second-order valence-electron chi connectivity index (χ2n) is 5.37. The fraction of sp³-hybridized carbons (Fsp3) is 0.267. The molecule has 2 heterocycles. The van der Waals surface area contributed by atoms with Crippen molar-refractivity contribution in [3.8, 4) is 0 Å². The van der Waals surface area contributed by atoms with E-state index in [1.165, 1.54) is 9.80 Å². The molecular formula is C15H14F2N4O2S. The SMILES string of the molecule is Cc1nc(N2CCN(Cc3cc(F)ccc3F)C2=O)sc1C(N)=O. The lowest BCUT2D eigenvalue weighted by molar-refractivity contribution is 0.100. The van der Waals surface area contributed by atoms with Gasteiger partial charge < -0.3 is 10.6 Å². The Bertz CT molecular complexity index is 824. The predicted molar refractivity (Wildman–Crippen MR) is 84.9 cm³/mol. The van der Waals surface area contributed by atoms with Crippen molar-refractivity contribution in [2.24, 2.45) is 5.73 Å². The maximum absolute atomic E-state index is 13.7. The van der Waals surface area contributed by atoms with Crippen LogP contribution in [0, 0.1) is 18.6 Å². The standard InChI is InChI=1S/C15H14F2N4O2S/c1-8-12(13(18)22)24-14(19-8)21-5-4-20(15(21)23)7-9-6-10(16)2-3-11(9)17/h2-3,6H,4-5,7H2,1H3,(H2,18,22). The topological polar surface area (TPSA) is 79.5 Å². The first-order chi connectivity index (χ1) is 11.4. The van der Waals surface area contributed by atoms with E-state index in [1.807, 2.05) is 0 Å². The van der Waals surface area contributed by atoms with Crippen LogP contribution in [0.25, 0.3) is 0 Å². The number of thiazole rings is 1. The van der Waals surface area contributed by atoms with Crippen LogP contribution in [0.15, 0.2) is 18.2 Å². The Morgan fingerprint density at radius 2 is 2.12 bits per heavy atom. The van der Waals surface area contributed by atoms with Gasteiger partial charge in [-0.2, -0.15) is 0 Å². The maximum Gasteiger partial charge on any atom is 0.326 e. The van der Waals surface area contributed by atoms with E-state index in [0.29, 0.717) is 28.8 Å². The highest BCUT2D eigenvalue weighted by molar-refractivity contribution is 7.17. The van der Waals surface area contributed by atoms with Gasteiger partial charge in [0, 0.05) is 18.7 Å². The molecule has 0 radical (unpaired) electrons. The number of nitrogens with two attached hydrogens (primary N) is 1. The number of carbonyl (C=O) groups is 2. The van der Waals surface area contributed by atoms with Gasteiger partial charge in [0.2, 0.25) is 0 Å². The molecule has 0 bridgehead atoms. The minimum absolute atomic E-state index is 0.0358. The van der Waals surface area contributed by atoms with E-state index in [4.69, 9.17) is 5.73 Å². The van der Waals surface area contributed by atoms with Crippen molar-refractivity contribution in [2.75, 3.05) is 18.0 Å². The molecule has 126 valence electrons. The Labute approximate surface area is 140 Å². The van der Waals surface area contributed by atoms with Gasteiger partial charge in [0.1, 0.15) is 16.5 Å². The molecule has 1 aromatic heterocycles. The number of nitrogens with zero attached hydrogens (tertiary/aromatic N) is 3. The highest BCUT2D eigenvalue weighted by atomic mass is 32.1. The molecule has 1 aliphatic rings. The van der Waals surface area contributed by atoms with Crippen LogP contribution in [0.5, 0.6) is 0 Å². The molecule has 1 fully saturated rings. The van der Waals surface area contributed by atoms with E-state index < -0.39 is 17.5 Å². The van der Waals surface area contributed by atoms with Crippen LogP contribution in [0.4, 0.5) is 18.7 Å². The molecule has 2 aromatic rings. The second kappa shape index (κ2) is 6.16. The molecule has 2 N–H and O–H groups in total. The third kappa shape index (κ3) is 2.94. The molecule has 0 saturated carbocycles. The van der Waals surface area contributed by atoms with Crippen LogP contribution >= 0.6 is 11.3 Å². The number of rotatable bonds is 4. The summed E-state index contributed by atoms with van der Waals surface area (Å²) in [5.41, 5.74) is 5.83. The fourth-order valence-electron chi connectivity index (χ4n) is 2.50. The number of hydrogen-bond donors (Lipinski definition) is 1. The third-order valence-corrected chi connectivity index (χ3v) is 4.90. The number of halogens is 2. The molecule has 24 heavy (non-hydrogen) atoms. The van der Waals surface area contributed by atoms with Crippen molar-refractivity contribution >= 4 is 28.4 Å². The molecule has 3 rings (SSSR count). The highest BCUT2D eigenvalue weighted by Crippen LogP contribution is 2.29. The number of hydrogen-bond acceptors (Lipinski definition) is 4. The molecule has 6 nitrogen and oxygen atoms in total. The largest absolute Gasteiger partial charge is 0.365 e. The van der Waals surface area contributed by atoms with Crippen LogP contribution in [-0.4, -0.2) is 34.9 Å². The predicted octanol–water partition coefficient (Wildman–Crippen LogP) is 2.27. The van der Waals surface area contributed by atoms with Crippen LogP contribution in [0.3, 0.4) is 0 Å². The number of amides is 3. The highest BCUT2D eigenvalue weighted by Gasteiger charge is 2.32. The quantitative estimate of drug-likeness (QED) is 0.917. The normalized spacial score (nSPS) is 14.5. The summed E-state index contributed by atoms with van der Waals surface area (Å²) in [4.78, 5) is 31.1. The number of anilines is 1. The van der Waals surface area contributed by atoms with Gasteiger partial charge in [-0.3, -0.25) is 9.69 Å². The van der Waals surface area contributed by atoms with Gasteiger partial charge in [-0.15, -0.1) is 0 Å². The van der Waals surface area contributed by atoms with E-state index in [-0.39, 0.29) is 18.1 Å². The first-order valence-corrected chi connectivity index (χ1v) is 7.96. The number of benzene rings is 1. The molecule has 0 unspecified atom stereocenters.